The lowest BCUT2D eigenvalue weighted by atomic mass is 10.1. The first kappa shape index (κ1) is 20.7. The molecule has 0 aliphatic heterocycles. The van der Waals surface area contributed by atoms with E-state index in [1.165, 1.54) is 6.92 Å². The molecule has 1 amide bonds. The number of benzene rings is 2. The Kier molecular flexibility index (Phi) is 6.77. The van der Waals surface area contributed by atoms with Gasteiger partial charge in [0.15, 0.2) is 5.78 Å². The van der Waals surface area contributed by atoms with Crippen molar-refractivity contribution in [2.45, 2.75) is 40.2 Å². The highest BCUT2D eigenvalue weighted by molar-refractivity contribution is 7.15. The molecule has 1 aromatic heterocycles. The predicted molar refractivity (Wildman–Crippen MR) is 117 cm³/mol. The van der Waals surface area contributed by atoms with Crippen LogP contribution in [0.5, 0.6) is 5.75 Å². The largest absolute Gasteiger partial charge is 0.487 e. The Labute approximate surface area is 174 Å². The molecule has 150 valence electrons. The first-order chi connectivity index (χ1) is 14.0. The van der Waals surface area contributed by atoms with Crippen molar-refractivity contribution in [3.63, 3.8) is 0 Å². The minimum absolute atomic E-state index is 0.0654. The van der Waals surface area contributed by atoms with Gasteiger partial charge in [-0.05, 0) is 38.5 Å². The number of ether oxygens (including phenoxy) is 1. The topological polar surface area (TPSA) is 68.3 Å². The van der Waals surface area contributed by atoms with Gasteiger partial charge in [-0.15, -0.1) is 11.3 Å². The van der Waals surface area contributed by atoms with Gasteiger partial charge in [0.05, 0.1) is 16.1 Å². The van der Waals surface area contributed by atoms with Gasteiger partial charge in [-0.3, -0.25) is 9.59 Å². The van der Waals surface area contributed by atoms with Gasteiger partial charge in [0.1, 0.15) is 17.4 Å². The average Bonchev–Trinajstić information content (AvgIpc) is 3.08. The summed E-state index contributed by atoms with van der Waals surface area (Å²) in [5.74, 6) is 0.321. The van der Waals surface area contributed by atoms with E-state index < -0.39 is 0 Å². The summed E-state index contributed by atoms with van der Waals surface area (Å²) in [5, 5.41) is 3.76. The van der Waals surface area contributed by atoms with Crippen LogP contribution in [-0.2, 0) is 11.4 Å². The van der Waals surface area contributed by atoms with Crippen LogP contribution in [-0.4, -0.2) is 16.7 Å². The molecule has 3 aromatic rings. The quantitative estimate of drug-likeness (QED) is 0.490. The summed E-state index contributed by atoms with van der Waals surface area (Å²) in [6, 6.07) is 15.2. The maximum atomic E-state index is 12.1. The lowest BCUT2D eigenvalue weighted by molar-refractivity contribution is -0.116. The van der Waals surface area contributed by atoms with E-state index in [2.05, 4.69) is 10.3 Å². The monoisotopic (exact) mass is 408 g/mol. The fourth-order valence-electron chi connectivity index (χ4n) is 2.87. The second kappa shape index (κ2) is 9.47. The molecule has 29 heavy (non-hydrogen) atoms. The van der Waals surface area contributed by atoms with E-state index in [4.69, 9.17) is 4.74 Å². The van der Waals surface area contributed by atoms with E-state index in [0.717, 1.165) is 27.6 Å². The molecule has 0 fully saturated rings. The number of amides is 1. The lowest BCUT2D eigenvalue weighted by Gasteiger charge is -2.12. The number of ketones is 1. The smallest absolute Gasteiger partial charge is 0.224 e. The maximum absolute atomic E-state index is 12.1. The number of Topliss-reactive ketones (excluding diaryl/α,β-unsaturated/α-hetero) is 1. The van der Waals surface area contributed by atoms with E-state index in [0.29, 0.717) is 30.0 Å². The minimum Gasteiger partial charge on any atom is -0.487 e. The SMILES string of the molecule is CCCC(=O)Nc1ccc(OCc2sc(-c3ccccc3)nc2C)c(C(C)=O)c1. The van der Waals surface area contributed by atoms with Gasteiger partial charge in [-0.1, -0.05) is 37.3 Å². The number of nitrogens with one attached hydrogen (secondary N) is 1. The molecular formula is C23H24N2O3S. The van der Waals surface area contributed by atoms with Crippen LogP contribution in [0.4, 0.5) is 5.69 Å². The van der Waals surface area contributed by atoms with Crippen molar-refractivity contribution in [1.82, 2.24) is 4.98 Å². The number of rotatable bonds is 8. The van der Waals surface area contributed by atoms with E-state index >= 15 is 0 Å². The molecule has 0 aliphatic carbocycles. The van der Waals surface area contributed by atoms with Gasteiger partial charge < -0.3 is 10.1 Å². The van der Waals surface area contributed by atoms with Crippen LogP contribution in [0.2, 0.25) is 0 Å². The Balaban J connectivity index is 1.76. The molecule has 0 bridgehead atoms. The van der Waals surface area contributed by atoms with Crippen LogP contribution < -0.4 is 10.1 Å². The molecule has 0 saturated heterocycles. The third-order valence-corrected chi connectivity index (χ3v) is 5.57. The third kappa shape index (κ3) is 5.29. The lowest BCUT2D eigenvalue weighted by Crippen LogP contribution is -2.11. The highest BCUT2D eigenvalue weighted by Gasteiger charge is 2.14. The Hall–Kier alpha value is -2.99. The van der Waals surface area contributed by atoms with Crippen molar-refractivity contribution in [3.8, 4) is 16.3 Å². The fraction of sp³-hybridized carbons (Fsp3) is 0.261. The molecule has 0 unspecified atom stereocenters. The first-order valence-electron chi connectivity index (χ1n) is 9.57. The van der Waals surface area contributed by atoms with Crippen molar-refractivity contribution in [2.75, 3.05) is 5.32 Å². The van der Waals surface area contributed by atoms with Crippen LogP contribution in [0.3, 0.4) is 0 Å². The normalized spacial score (nSPS) is 10.6. The fourth-order valence-corrected chi connectivity index (χ4v) is 3.85. The number of thiazole rings is 1. The van der Waals surface area contributed by atoms with Crippen molar-refractivity contribution in [3.05, 3.63) is 64.7 Å². The Morgan fingerprint density at radius 2 is 1.90 bits per heavy atom. The summed E-state index contributed by atoms with van der Waals surface area (Å²) >= 11 is 1.59. The zero-order valence-electron chi connectivity index (χ0n) is 16.8. The van der Waals surface area contributed by atoms with Crippen molar-refractivity contribution >= 4 is 28.7 Å². The highest BCUT2D eigenvalue weighted by Crippen LogP contribution is 2.30. The van der Waals surface area contributed by atoms with Gasteiger partial charge in [0, 0.05) is 17.7 Å². The van der Waals surface area contributed by atoms with Crippen LogP contribution in [0.15, 0.2) is 48.5 Å². The molecule has 1 heterocycles. The average molecular weight is 409 g/mol. The summed E-state index contributed by atoms with van der Waals surface area (Å²) in [4.78, 5) is 29.6. The third-order valence-electron chi connectivity index (χ3n) is 4.39. The summed E-state index contributed by atoms with van der Waals surface area (Å²) in [5.41, 5.74) is 3.04. The van der Waals surface area contributed by atoms with Crippen LogP contribution >= 0.6 is 11.3 Å². The predicted octanol–water partition coefficient (Wildman–Crippen LogP) is 5.64. The van der Waals surface area contributed by atoms with Gasteiger partial charge in [-0.2, -0.15) is 0 Å². The Morgan fingerprint density at radius 3 is 2.59 bits per heavy atom. The number of aromatic nitrogens is 1. The van der Waals surface area contributed by atoms with Crippen LogP contribution in [0.25, 0.3) is 10.6 Å². The van der Waals surface area contributed by atoms with E-state index in [1.54, 1.807) is 29.5 Å². The van der Waals surface area contributed by atoms with Crippen LogP contribution in [0.1, 0.15) is 47.6 Å². The highest BCUT2D eigenvalue weighted by atomic mass is 32.1. The molecular weight excluding hydrogens is 384 g/mol. The number of nitrogens with zero attached hydrogens (tertiary/aromatic N) is 1. The Bertz CT molecular complexity index is 1010. The number of aryl methyl sites for hydroxylation is 1. The summed E-state index contributed by atoms with van der Waals surface area (Å²) in [6.45, 7) is 5.73. The molecule has 0 saturated carbocycles. The summed E-state index contributed by atoms with van der Waals surface area (Å²) < 4.78 is 5.96. The van der Waals surface area contributed by atoms with Gasteiger partial charge in [0.25, 0.3) is 0 Å². The molecule has 0 spiro atoms. The standard InChI is InChI=1S/C23H24N2O3S/c1-4-8-22(27)25-18-11-12-20(19(13-18)16(3)26)28-14-21-15(2)24-23(29-21)17-9-6-5-7-10-17/h5-7,9-13H,4,8,14H2,1-3H3,(H,25,27). The molecule has 5 nitrogen and oxygen atoms in total. The summed E-state index contributed by atoms with van der Waals surface area (Å²) in [7, 11) is 0. The second-order valence-electron chi connectivity index (χ2n) is 6.75. The molecule has 0 atom stereocenters. The molecule has 0 radical (unpaired) electrons. The second-order valence-corrected chi connectivity index (χ2v) is 7.83. The zero-order chi connectivity index (χ0) is 20.8. The Morgan fingerprint density at radius 1 is 1.14 bits per heavy atom. The van der Waals surface area contributed by atoms with Gasteiger partial charge in [0.2, 0.25) is 5.91 Å². The minimum atomic E-state index is -0.113. The molecule has 3 rings (SSSR count). The van der Waals surface area contributed by atoms with E-state index in [-0.39, 0.29) is 11.7 Å². The first-order valence-corrected chi connectivity index (χ1v) is 10.4. The molecule has 2 aromatic carbocycles. The maximum Gasteiger partial charge on any atom is 0.224 e. The molecule has 1 N–H and O–H groups in total. The van der Waals surface area contributed by atoms with Crippen molar-refractivity contribution < 1.29 is 14.3 Å². The zero-order valence-corrected chi connectivity index (χ0v) is 17.6. The van der Waals surface area contributed by atoms with Gasteiger partial charge in [-0.25, -0.2) is 4.98 Å². The number of carbonyl (C=O) groups is 2. The van der Waals surface area contributed by atoms with Crippen molar-refractivity contribution in [1.29, 1.82) is 0 Å². The summed E-state index contributed by atoms with van der Waals surface area (Å²) in [6.07, 6.45) is 1.22. The molecule has 6 heteroatoms. The van der Waals surface area contributed by atoms with Crippen LogP contribution in [0, 0.1) is 6.92 Å². The number of carbonyl (C=O) groups excluding carboxylic acids is 2. The van der Waals surface area contributed by atoms with Crippen molar-refractivity contribution in [2.24, 2.45) is 0 Å². The number of hydrogen-bond donors (Lipinski definition) is 1. The molecule has 0 aliphatic rings. The van der Waals surface area contributed by atoms with Gasteiger partial charge >= 0.3 is 0 Å². The van der Waals surface area contributed by atoms with E-state index in [1.807, 2.05) is 44.2 Å². The van der Waals surface area contributed by atoms with E-state index in [9.17, 15) is 9.59 Å². The number of anilines is 1. The number of hydrogen-bond acceptors (Lipinski definition) is 5.